The van der Waals surface area contributed by atoms with Crippen molar-refractivity contribution in [1.29, 1.82) is 0 Å². The summed E-state index contributed by atoms with van der Waals surface area (Å²) in [5.41, 5.74) is 0. The highest BCUT2D eigenvalue weighted by Gasteiger charge is 2.34. The molecule has 2 amide bonds. The van der Waals surface area contributed by atoms with Crippen LogP contribution in [0.15, 0.2) is 0 Å². The largest absolute Gasteiger partial charge is 0.480 e. The van der Waals surface area contributed by atoms with Gasteiger partial charge in [0.25, 0.3) is 0 Å². The fourth-order valence-electron chi connectivity index (χ4n) is 1.51. The Balaban J connectivity index is 2.59. The van der Waals surface area contributed by atoms with E-state index < -0.39 is 17.9 Å². The first-order valence-electron chi connectivity index (χ1n) is 5.43. The van der Waals surface area contributed by atoms with Crippen molar-refractivity contribution >= 4 is 17.8 Å². The Hall–Kier alpha value is -1.63. The van der Waals surface area contributed by atoms with E-state index in [9.17, 15) is 14.4 Å². The van der Waals surface area contributed by atoms with Crippen LogP contribution in [-0.2, 0) is 19.1 Å². The molecule has 0 aromatic rings. The summed E-state index contributed by atoms with van der Waals surface area (Å²) in [5, 5.41) is 11.3. The zero-order chi connectivity index (χ0) is 12.8. The van der Waals surface area contributed by atoms with Crippen molar-refractivity contribution in [2.45, 2.75) is 19.4 Å². The lowest BCUT2D eigenvalue weighted by Crippen LogP contribution is -2.60. The number of hydrogen-bond acceptors (Lipinski definition) is 4. The van der Waals surface area contributed by atoms with Gasteiger partial charge >= 0.3 is 5.97 Å². The van der Waals surface area contributed by atoms with Crippen molar-refractivity contribution in [3.8, 4) is 0 Å². The Morgan fingerprint density at radius 3 is 2.88 bits per heavy atom. The van der Waals surface area contributed by atoms with Gasteiger partial charge < -0.3 is 20.1 Å². The van der Waals surface area contributed by atoms with E-state index in [1.807, 2.05) is 6.92 Å². The van der Waals surface area contributed by atoms with Crippen LogP contribution in [0.3, 0.4) is 0 Å². The van der Waals surface area contributed by atoms with E-state index in [2.05, 4.69) is 5.32 Å². The van der Waals surface area contributed by atoms with Gasteiger partial charge in [0.05, 0.1) is 0 Å². The number of carbonyl (C=O) groups is 3. The van der Waals surface area contributed by atoms with E-state index in [4.69, 9.17) is 9.84 Å². The van der Waals surface area contributed by atoms with Crippen molar-refractivity contribution in [3.63, 3.8) is 0 Å². The van der Waals surface area contributed by atoms with Crippen LogP contribution in [0, 0.1) is 0 Å². The molecule has 0 radical (unpaired) electrons. The Morgan fingerprint density at radius 1 is 1.59 bits per heavy atom. The summed E-state index contributed by atoms with van der Waals surface area (Å²) < 4.78 is 5.05. The number of carboxylic acid groups (broad SMARTS) is 1. The van der Waals surface area contributed by atoms with E-state index in [1.165, 1.54) is 0 Å². The molecule has 1 rings (SSSR count). The van der Waals surface area contributed by atoms with E-state index in [1.54, 1.807) is 0 Å². The SMILES string of the molecule is CCCOCC(=O)N1CC(=O)NCC1C(=O)O. The van der Waals surface area contributed by atoms with Gasteiger partial charge in [-0.15, -0.1) is 0 Å². The van der Waals surface area contributed by atoms with Crippen molar-refractivity contribution in [1.82, 2.24) is 10.2 Å². The fourth-order valence-corrected chi connectivity index (χ4v) is 1.51. The maximum atomic E-state index is 11.7. The molecule has 1 aliphatic rings. The number of carbonyl (C=O) groups excluding carboxylic acids is 2. The van der Waals surface area contributed by atoms with Gasteiger partial charge in [0, 0.05) is 13.2 Å². The lowest BCUT2D eigenvalue weighted by Gasteiger charge is -2.32. The van der Waals surface area contributed by atoms with Crippen molar-refractivity contribution in [2.75, 3.05) is 26.3 Å². The van der Waals surface area contributed by atoms with Crippen LogP contribution >= 0.6 is 0 Å². The molecule has 7 nitrogen and oxygen atoms in total. The highest BCUT2D eigenvalue weighted by atomic mass is 16.5. The van der Waals surface area contributed by atoms with Crippen LogP contribution in [0.1, 0.15) is 13.3 Å². The normalized spacial score (nSPS) is 19.9. The predicted octanol–water partition coefficient (Wildman–Crippen LogP) is -1.18. The third kappa shape index (κ3) is 3.70. The second kappa shape index (κ2) is 6.19. The number of piperazine rings is 1. The topological polar surface area (TPSA) is 95.9 Å². The zero-order valence-electron chi connectivity index (χ0n) is 9.64. The molecule has 96 valence electrons. The molecular formula is C10H16N2O5. The number of ether oxygens (including phenoxy) is 1. The van der Waals surface area contributed by atoms with E-state index in [0.717, 1.165) is 11.3 Å². The molecule has 1 heterocycles. The molecule has 0 aromatic carbocycles. The fraction of sp³-hybridized carbons (Fsp3) is 0.700. The van der Waals surface area contributed by atoms with Crippen LogP contribution in [0.4, 0.5) is 0 Å². The lowest BCUT2D eigenvalue weighted by molar-refractivity contribution is -0.156. The number of aliphatic carboxylic acids is 1. The number of hydrogen-bond donors (Lipinski definition) is 2. The molecule has 1 saturated heterocycles. The molecule has 7 heteroatoms. The van der Waals surface area contributed by atoms with Gasteiger partial charge in [-0.1, -0.05) is 6.92 Å². The first-order valence-corrected chi connectivity index (χ1v) is 5.43. The van der Waals surface area contributed by atoms with Gasteiger partial charge in [-0.2, -0.15) is 0 Å². The van der Waals surface area contributed by atoms with E-state index in [0.29, 0.717) is 6.61 Å². The average Bonchev–Trinajstić information content (AvgIpc) is 2.28. The van der Waals surface area contributed by atoms with E-state index >= 15 is 0 Å². The smallest absolute Gasteiger partial charge is 0.328 e. The van der Waals surface area contributed by atoms with Crippen LogP contribution < -0.4 is 5.32 Å². The Morgan fingerprint density at radius 2 is 2.29 bits per heavy atom. The quantitative estimate of drug-likeness (QED) is 0.594. The third-order valence-corrected chi connectivity index (χ3v) is 2.36. The Labute approximate surface area is 98.7 Å². The molecule has 17 heavy (non-hydrogen) atoms. The van der Waals surface area contributed by atoms with Crippen molar-refractivity contribution in [3.05, 3.63) is 0 Å². The molecule has 0 saturated carbocycles. The summed E-state index contributed by atoms with van der Waals surface area (Å²) in [6.45, 7) is 1.85. The van der Waals surface area contributed by atoms with Crippen molar-refractivity contribution in [2.24, 2.45) is 0 Å². The minimum Gasteiger partial charge on any atom is -0.480 e. The minimum atomic E-state index is -1.13. The first-order chi connectivity index (χ1) is 8.06. The summed E-state index contributed by atoms with van der Waals surface area (Å²) in [4.78, 5) is 34.8. The third-order valence-electron chi connectivity index (χ3n) is 2.36. The molecule has 1 aliphatic heterocycles. The standard InChI is InChI=1S/C10H16N2O5/c1-2-3-17-6-9(14)12-5-8(13)11-4-7(12)10(15)16/h7H,2-6H2,1H3,(H,11,13)(H,15,16). The number of nitrogens with one attached hydrogen (secondary N) is 1. The molecule has 0 aromatic heterocycles. The molecule has 1 unspecified atom stereocenters. The second-order valence-electron chi connectivity index (χ2n) is 3.73. The number of carboxylic acids is 1. The van der Waals surface area contributed by atoms with Gasteiger partial charge in [-0.3, -0.25) is 9.59 Å². The monoisotopic (exact) mass is 244 g/mol. The maximum absolute atomic E-state index is 11.7. The molecule has 0 aliphatic carbocycles. The van der Waals surface area contributed by atoms with Crippen LogP contribution in [0.2, 0.25) is 0 Å². The van der Waals surface area contributed by atoms with Gasteiger partial charge in [-0.25, -0.2) is 4.79 Å². The highest BCUT2D eigenvalue weighted by Crippen LogP contribution is 2.05. The molecule has 0 spiro atoms. The zero-order valence-corrected chi connectivity index (χ0v) is 9.64. The summed E-state index contributed by atoms with van der Waals surface area (Å²) in [6, 6.07) is -1.01. The van der Waals surface area contributed by atoms with Crippen molar-refractivity contribution < 1.29 is 24.2 Å². The second-order valence-corrected chi connectivity index (χ2v) is 3.73. The number of amides is 2. The number of rotatable bonds is 5. The van der Waals surface area contributed by atoms with Crippen LogP contribution in [0.25, 0.3) is 0 Å². The van der Waals surface area contributed by atoms with Gasteiger partial charge in [0.15, 0.2) is 0 Å². The highest BCUT2D eigenvalue weighted by molar-refractivity contribution is 5.91. The Kier molecular flexibility index (Phi) is 4.89. The average molecular weight is 244 g/mol. The Bertz CT molecular complexity index is 318. The minimum absolute atomic E-state index is 0.0618. The van der Waals surface area contributed by atoms with Gasteiger partial charge in [-0.05, 0) is 6.42 Å². The maximum Gasteiger partial charge on any atom is 0.328 e. The van der Waals surface area contributed by atoms with E-state index in [-0.39, 0.29) is 25.6 Å². The predicted molar refractivity (Wildman–Crippen MR) is 57.3 cm³/mol. The first kappa shape index (κ1) is 13.4. The summed E-state index contributed by atoms with van der Waals surface area (Å²) >= 11 is 0. The summed E-state index contributed by atoms with van der Waals surface area (Å²) in [6.07, 6.45) is 0.774. The van der Waals surface area contributed by atoms with Gasteiger partial charge in [0.1, 0.15) is 19.2 Å². The van der Waals surface area contributed by atoms with Crippen LogP contribution in [0.5, 0.6) is 0 Å². The molecule has 1 fully saturated rings. The van der Waals surface area contributed by atoms with Gasteiger partial charge in [0.2, 0.25) is 11.8 Å². The molecular weight excluding hydrogens is 228 g/mol. The number of nitrogens with zero attached hydrogens (tertiary/aromatic N) is 1. The summed E-state index contributed by atoms with van der Waals surface area (Å²) in [5.74, 6) is -1.96. The summed E-state index contributed by atoms with van der Waals surface area (Å²) in [7, 11) is 0. The van der Waals surface area contributed by atoms with Crippen LogP contribution in [-0.4, -0.2) is 60.1 Å². The molecule has 0 bridgehead atoms. The molecule has 1 atom stereocenters. The lowest BCUT2D eigenvalue weighted by atomic mass is 10.2. The molecule has 2 N–H and O–H groups in total.